The molecule has 2 aliphatic heterocycles. The van der Waals surface area contributed by atoms with Crippen LogP contribution < -0.4 is 0 Å². The fraction of sp³-hybridized carbons (Fsp3) is 0.786. The van der Waals surface area contributed by atoms with Crippen LogP contribution in [0, 0.1) is 11.8 Å². The van der Waals surface area contributed by atoms with Crippen LogP contribution in [0.1, 0.15) is 39.5 Å². The van der Waals surface area contributed by atoms with Crippen LogP contribution in [0.5, 0.6) is 0 Å². The van der Waals surface area contributed by atoms with Crippen LogP contribution >= 0.6 is 0 Å². The van der Waals surface area contributed by atoms with E-state index in [1.54, 1.807) is 0 Å². The molecule has 2 bridgehead atoms. The number of carbonyl (C=O) groups is 3. The highest BCUT2D eigenvalue weighted by atomic mass is 16.5. The monoisotopic (exact) mass is 283 g/mol. The average Bonchev–Trinajstić information content (AvgIpc) is 2.77. The molecule has 112 valence electrons. The Labute approximate surface area is 118 Å². The highest BCUT2D eigenvalue weighted by Gasteiger charge is 2.46. The third kappa shape index (κ3) is 3.17. The van der Waals surface area contributed by atoms with E-state index in [0.717, 1.165) is 0 Å². The molecule has 0 spiro atoms. The molecule has 2 amide bonds. The van der Waals surface area contributed by atoms with Crippen LogP contribution in [0.25, 0.3) is 0 Å². The van der Waals surface area contributed by atoms with Crippen molar-refractivity contribution < 1.29 is 24.2 Å². The molecule has 20 heavy (non-hydrogen) atoms. The topological polar surface area (TPSA) is 83.9 Å². The fourth-order valence-corrected chi connectivity index (χ4v) is 3.03. The second-order valence-electron chi connectivity index (χ2n) is 6.07. The minimum absolute atomic E-state index is 0.0224. The van der Waals surface area contributed by atoms with Crippen molar-refractivity contribution in [3.8, 4) is 0 Å². The van der Waals surface area contributed by atoms with E-state index < -0.39 is 18.2 Å². The maximum atomic E-state index is 12.1. The van der Waals surface area contributed by atoms with Crippen LogP contribution in [0.3, 0.4) is 0 Å². The van der Waals surface area contributed by atoms with E-state index in [0.29, 0.717) is 25.2 Å². The van der Waals surface area contributed by atoms with Gasteiger partial charge in [-0.05, 0) is 31.1 Å². The Morgan fingerprint density at radius 1 is 1.30 bits per heavy atom. The Morgan fingerprint density at radius 2 is 1.85 bits per heavy atom. The van der Waals surface area contributed by atoms with Gasteiger partial charge in [-0.15, -0.1) is 0 Å². The molecule has 0 saturated carbocycles. The average molecular weight is 283 g/mol. The van der Waals surface area contributed by atoms with Crippen LogP contribution in [0.2, 0.25) is 0 Å². The fourth-order valence-electron chi connectivity index (χ4n) is 3.03. The first kappa shape index (κ1) is 15.0. The molecule has 2 aliphatic rings. The van der Waals surface area contributed by atoms with Gasteiger partial charge in [0.1, 0.15) is 12.2 Å². The normalized spacial score (nSPS) is 27.2. The maximum absolute atomic E-state index is 12.1. The molecule has 0 aromatic carbocycles. The Bertz CT molecular complexity index is 398. The molecule has 0 radical (unpaired) electrons. The van der Waals surface area contributed by atoms with Gasteiger partial charge in [0.2, 0.25) is 0 Å². The van der Waals surface area contributed by atoms with Gasteiger partial charge in [-0.1, -0.05) is 13.8 Å². The number of carbonyl (C=O) groups excluding carboxylic acids is 2. The summed E-state index contributed by atoms with van der Waals surface area (Å²) < 4.78 is 5.34. The van der Waals surface area contributed by atoms with Gasteiger partial charge in [0.15, 0.2) is 0 Å². The summed E-state index contributed by atoms with van der Waals surface area (Å²) in [5, 5.41) is 8.96. The lowest BCUT2D eigenvalue weighted by Gasteiger charge is -2.32. The second-order valence-corrected chi connectivity index (χ2v) is 6.07. The third-order valence-corrected chi connectivity index (χ3v) is 3.81. The van der Waals surface area contributed by atoms with E-state index in [1.165, 1.54) is 4.90 Å². The van der Waals surface area contributed by atoms with Gasteiger partial charge in [-0.2, -0.15) is 0 Å². The van der Waals surface area contributed by atoms with Crippen LogP contribution in [-0.2, 0) is 19.1 Å². The predicted octanol–water partition coefficient (Wildman–Crippen LogP) is 1.04. The summed E-state index contributed by atoms with van der Waals surface area (Å²) in [6, 6.07) is 0. The highest BCUT2D eigenvalue weighted by Crippen LogP contribution is 2.30. The van der Waals surface area contributed by atoms with Crippen molar-refractivity contribution in [3.05, 3.63) is 0 Å². The third-order valence-electron chi connectivity index (χ3n) is 3.81. The first-order valence-electron chi connectivity index (χ1n) is 7.11. The lowest BCUT2D eigenvalue weighted by atomic mass is 9.93. The van der Waals surface area contributed by atoms with Gasteiger partial charge in [-0.3, -0.25) is 19.3 Å². The van der Waals surface area contributed by atoms with Gasteiger partial charge in [0.05, 0.1) is 0 Å². The summed E-state index contributed by atoms with van der Waals surface area (Å²) in [5.41, 5.74) is 0. The minimum Gasteiger partial charge on any atom is -0.481 e. The predicted molar refractivity (Wildman–Crippen MR) is 69.8 cm³/mol. The number of rotatable bonds is 6. The van der Waals surface area contributed by atoms with Gasteiger partial charge in [0.25, 0.3) is 11.8 Å². The number of nitrogens with zero attached hydrogens (tertiary/aromatic N) is 1. The number of hydrogen-bond donors (Lipinski definition) is 1. The van der Waals surface area contributed by atoms with E-state index in [9.17, 15) is 14.4 Å². The van der Waals surface area contributed by atoms with Crippen LogP contribution in [-0.4, -0.2) is 46.5 Å². The number of amides is 2. The molecular formula is C14H21NO5. The molecule has 6 heteroatoms. The Morgan fingerprint density at radius 3 is 2.30 bits per heavy atom. The highest BCUT2D eigenvalue weighted by molar-refractivity contribution is 6.02. The largest absolute Gasteiger partial charge is 0.481 e. The number of fused-ring (bicyclic) bond motifs is 2. The number of carboxylic acid groups (broad SMARTS) is 1. The lowest BCUT2D eigenvalue weighted by Crippen LogP contribution is -2.53. The molecule has 6 nitrogen and oxygen atoms in total. The van der Waals surface area contributed by atoms with Crippen LogP contribution in [0.15, 0.2) is 0 Å². The smallest absolute Gasteiger partial charge is 0.303 e. The van der Waals surface area contributed by atoms with Crippen molar-refractivity contribution in [2.75, 3.05) is 6.54 Å². The van der Waals surface area contributed by atoms with E-state index >= 15 is 0 Å². The summed E-state index contributed by atoms with van der Waals surface area (Å²) >= 11 is 0. The zero-order valence-electron chi connectivity index (χ0n) is 11.9. The molecule has 0 aromatic heterocycles. The van der Waals surface area contributed by atoms with Gasteiger partial charge >= 0.3 is 5.97 Å². The molecule has 2 saturated heterocycles. The quantitative estimate of drug-likeness (QED) is 0.736. The number of imide groups is 1. The SMILES string of the molecule is CC(C)CC(CC(=O)O)CN1C(=O)C2CCC(O2)C1=O. The van der Waals surface area contributed by atoms with Gasteiger partial charge in [0, 0.05) is 13.0 Å². The van der Waals surface area contributed by atoms with Crippen LogP contribution in [0.4, 0.5) is 0 Å². The number of aliphatic carboxylic acids is 1. The summed E-state index contributed by atoms with van der Waals surface area (Å²) in [4.78, 5) is 36.4. The zero-order valence-corrected chi connectivity index (χ0v) is 11.9. The molecule has 0 aromatic rings. The van der Waals surface area contributed by atoms with Crippen molar-refractivity contribution in [1.82, 2.24) is 4.90 Å². The van der Waals surface area contributed by atoms with Gasteiger partial charge < -0.3 is 9.84 Å². The number of hydrogen-bond acceptors (Lipinski definition) is 4. The summed E-state index contributed by atoms with van der Waals surface area (Å²) in [7, 11) is 0. The molecule has 2 rings (SSSR count). The number of ether oxygens (including phenoxy) is 1. The Hall–Kier alpha value is -1.43. The van der Waals surface area contributed by atoms with Crippen molar-refractivity contribution in [3.63, 3.8) is 0 Å². The number of likely N-dealkylation sites (tertiary alicyclic amines) is 1. The van der Waals surface area contributed by atoms with E-state index in [2.05, 4.69) is 0 Å². The summed E-state index contributed by atoms with van der Waals surface area (Å²) in [6.07, 6.45) is 0.800. The van der Waals surface area contributed by atoms with Crippen molar-refractivity contribution in [2.24, 2.45) is 11.8 Å². The zero-order chi connectivity index (χ0) is 14.9. The molecule has 2 fully saturated rings. The maximum Gasteiger partial charge on any atom is 0.303 e. The van der Waals surface area contributed by atoms with E-state index in [-0.39, 0.29) is 30.7 Å². The molecule has 3 unspecified atom stereocenters. The lowest BCUT2D eigenvalue weighted by molar-refractivity contribution is -0.169. The first-order chi connectivity index (χ1) is 9.38. The summed E-state index contributed by atoms with van der Waals surface area (Å²) in [6.45, 7) is 4.20. The number of morpholine rings is 1. The molecule has 1 N–H and O–H groups in total. The molecule has 3 atom stereocenters. The molecular weight excluding hydrogens is 262 g/mol. The molecule has 2 heterocycles. The van der Waals surface area contributed by atoms with Crippen molar-refractivity contribution in [1.29, 1.82) is 0 Å². The van der Waals surface area contributed by atoms with Gasteiger partial charge in [-0.25, -0.2) is 0 Å². The second kappa shape index (κ2) is 5.91. The van der Waals surface area contributed by atoms with E-state index in [1.807, 2.05) is 13.8 Å². The summed E-state index contributed by atoms with van der Waals surface area (Å²) in [5.74, 6) is -1.38. The van der Waals surface area contributed by atoms with Crippen molar-refractivity contribution >= 4 is 17.8 Å². The first-order valence-corrected chi connectivity index (χ1v) is 7.11. The standard InChI is InChI=1S/C14H21NO5/c1-8(2)5-9(6-12(16)17)7-15-13(18)10-3-4-11(20-10)14(15)19/h8-11H,3-7H2,1-2H3,(H,16,17). The minimum atomic E-state index is -0.897. The Kier molecular flexibility index (Phi) is 4.42. The van der Waals surface area contributed by atoms with Crippen molar-refractivity contribution in [2.45, 2.75) is 51.7 Å². The molecule has 0 aliphatic carbocycles. The number of carboxylic acids is 1. The van der Waals surface area contributed by atoms with E-state index in [4.69, 9.17) is 9.84 Å². The Balaban J connectivity index is 2.06.